The minimum atomic E-state index is -0.864. The van der Waals surface area contributed by atoms with Crippen LogP contribution in [0.3, 0.4) is 0 Å². The van der Waals surface area contributed by atoms with Crippen LogP contribution in [-0.4, -0.2) is 30.8 Å². The fourth-order valence-electron chi connectivity index (χ4n) is 2.16. The van der Waals surface area contributed by atoms with Gasteiger partial charge < -0.3 is 9.84 Å². The Bertz CT molecular complexity index is 458. The molecule has 5 heteroatoms. The van der Waals surface area contributed by atoms with Crippen LogP contribution in [-0.2, 0) is 9.53 Å². The Morgan fingerprint density at radius 2 is 2.18 bits per heavy atom. The third-order valence-electron chi connectivity index (χ3n) is 2.89. The molecule has 1 N–H and O–H groups in total. The zero-order valence-electron chi connectivity index (χ0n) is 9.42. The summed E-state index contributed by atoms with van der Waals surface area (Å²) in [4.78, 5) is 23.8. The Balaban J connectivity index is 2.32. The van der Waals surface area contributed by atoms with Gasteiger partial charge in [0.2, 0.25) is 0 Å². The second kappa shape index (κ2) is 4.45. The molecular formula is C12H13NO4. The van der Waals surface area contributed by atoms with Crippen LogP contribution in [0.4, 0.5) is 10.5 Å². The van der Waals surface area contributed by atoms with Crippen molar-refractivity contribution in [3.05, 3.63) is 29.8 Å². The molecule has 17 heavy (non-hydrogen) atoms. The highest BCUT2D eigenvalue weighted by Gasteiger charge is 2.33. The van der Waals surface area contributed by atoms with E-state index in [0.29, 0.717) is 6.54 Å². The van der Waals surface area contributed by atoms with Crippen LogP contribution >= 0.6 is 0 Å². The second-order valence-corrected chi connectivity index (χ2v) is 3.93. The predicted octanol–water partition coefficient (Wildman–Crippen LogP) is 1.83. The minimum absolute atomic E-state index is 0.0184. The zero-order valence-corrected chi connectivity index (χ0v) is 9.42. The second-order valence-electron chi connectivity index (χ2n) is 3.93. The summed E-state index contributed by atoms with van der Waals surface area (Å²) in [6.07, 6.45) is -0.435. The van der Waals surface area contributed by atoms with Gasteiger partial charge >= 0.3 is 12.1 Å². The zero-order chi connectivity index (χ0) is 12.4. The summed E-state index contributed by atoms with van der Waals surface area (Å²) in [5, 5.41) is 8.85. The first kappa shape index (κ1) is 11.4. The maximum atomic E-state index is 11.6. The molecule has 0 fully saturated rings. The topological polar surface area (TPSA) is 66.8 Å². The number of carboxylic acid groups (broad SMARTS) is 1. The first-order valence-electron chi connectivity index (χ1n) is 5.29. The van der Waals surface area contributed by atoms with Crippen molar-refractivity contribution in [1.29, 1.82) is 0 Å². The molecule has 90 valence electrons. The smallest absolute Gasteiger partial charge is 0.414 e. The van der Waals surface area contributed by atoms with Gasteiger partial charge in [0.1, 0.15) is 0 Å². The van der Waals surface area contributed by atoms with Crippen LogP contribution in [0.2, 0.25) is 0 Å². The number of hydrogen-bond acceptors (Lipinski definition) is 3. The number of nitrogens with zero attached hydrogens (tertiary/aromatic N) is 1. The number of hydrogen-bond donors (Lipinski definition) is 1. The van der Waals surface area contributed by atoms with Gasteiger partial charge in [-0.25, -0.2) is 4.79 Å². The third kappa shape index (κ3) is 2.08. The van der Waals surface area contributed by atoms with E-state index in [-0.39, 0.29) is 12.3 Å². The van der Waals surface area contributed by atoms with Gasteiger partial charge in [-0.2, -0.15) is 0 Å². The van der Waals surface area contributed by atoms with Gasteiger partial charge in [0.25, 0.3) is 0 Å². The highest BCUT2D eigenvalue weighted by molar-refractivity contribution is 5.91. The molecule has 1 unspecified atom stereocenters. The van der Waals surface area contributed by atoms with Crippen molar-refractivity contribution in [3.63, 3.8) is 0 Å². The van der Waals surface area contributed by atoms with Crippen molar-refractivity contribution < 1.29 is 19.4 Å². The number of benzene rings is 1. The molecule has 0 bridgehead atoms. The fourth-order valence-corrected chi connectivity index (χ4v) is 2.16. The molecule has 1 amide bonds. The number of rotatable bonds is 2. The monoisotopic (exact) mass is 235 g/mol. The van der Waals surface area contributed by atoms with Crippen molar-refractivity contribution in [2.75, 3.05) is 18.6 Å². The highest BCUT2D eigenvalue weighted by Crippen LogP contribution is 2.38. The van der Waals surface area contributed by atoms with Gasteiger partial charge in [-0.05, 0) is 11.6 Å². The normalized spacial score (nSPS) is 17.7. The van der Waals surface area contributed by atoms with E-state index in [1.807, 2.05) is 18.2 Å². The number of carbonyl (C=O) groups is 2. The van der Waals surface area contributed by atoms with Crippen LogP contribution in [0.5, 0.6) is 0 Å². The van der Waals surface area contributed by atoms with E-state index < -0.39 is 12.1 Å². The number of ether oxygens (including phenoxy) is 1. The van der Waals surface area contributed by atoms with Gasteiger partial charge in [-0.15, -0.1) is 0 Å². The van der Waals surface area contributed by atoms with E-state index in [4.69, 9.17) is 5.11 Å². The maximum absolute atomic E-state index is 11.6. The standard InChI is InChI=1S/C12H13NO4/c1-17-12(16)13-7-8(6-11(14)15)9-4-2-3-5-10(9)13/h2-5,8H,6-7H2,1H3,(H,14,15). The molecule has 0 saturated carbocycles. The largest absolute Gasteiger partial charge is 0.481 e. The van der Waals surface area contributed by atoms with E-state index in [1.165, 1.54) is 12.0 Å². The van der Waals surface area contributed by atoms with Gasteiger partial charge in [-0.3, -0.25) is 9.69 Å². The summed E-state index contributed by atoms with van der Waals surface area (Å²) in [6, 6.07) is 7.31. The molecule has 0 saturated heterocycles. The molecule has 5 nitrogen and oxygen atoms in total. The van der Waals surface area contributed by atoms with Crippen molar-refractivity contribution in [1.82, 2.24) is 0 Å². The number of aliphatic carboxylic acids is 1. The third-order valence-corrected chi connectivity index (χ3v) is 2.89. The Hall–Kier alpha value is -2.04. The average Bonchev–Trinajstić information content (AvgIpc) is 2.67. The lowest BCUT2D eigenvalue weighted by molar-refractivity contribution is -0.137. The van der Waals surface area contributed by atoms with Gasteiger partial charge in [0.15, 0.2) is 0 Å². The minimum Gasteiger partial charge on any atom is -0.481 e. The first-order chi connectivity index (χ1) is 8.13. The highest BCUT2D eigenvalue weighted by atomic mass is 16.5. The van der Waals surface area contributed by atoms with Crippen LogP contribution in [0.25, 0.3) is 0 Å². The number of carboxylic acids is 1. The Morgan fingerprint density at radius 3 is 2.82 bits per heavy atom. The Kier molecular flexibility index (Phi) is 2.99. The van der Waals surface area contributed by atoms with Gasteiger partial charge in [0.05, 0.1) is 19.2 Å². The summed E-state index contributed by atoms with van der Waals surface area (Å²) in [5.74, 6) is -1.03. The quantitative estimate of drug-likeness (QED) is 0.849. The molecule has 1 aliphatic rings. The number of methoxy groups -OCH3 is 1. The molecule has 1 atom stereocenters. The fraction of sp³-hybridized carbons (Fsp3) is 0.333. The molecular weight excluding hydrogens is 222 g/mol. The van der Waals surface area contributed by atoms with E-state index >= 15 is 0 Å². The van der Waals surface area contributed by atoms with Crippen molar-refractivity contribution in [2.45, 2.75) is 12.3 Å². The van der Waals surface area contributed by atoms with E-state index in [9.17, 15) is 9.59 Å². The molecule has 2 rings (SSSR count). The van der Waals surface area contributed by atoms with Crippen molar-refractivity contribution in [2.24, 2.45) is 0 Å². The van der Waals surface area contributed by atoms with Crippen LogP contribution < -0.4 is 4.90 Å². The Labute approximate surface area is 98.6 Å². The average molecular weight is 235 g/mol. The summed E-state index contributed by atoms with van der Waals surface area (Å²) < 4.78 is 4.68. The summed E-state index contributed by atoms with van der Waals surface area (Å²) in [6.45, 7) is 0.359. The Morgan fingerprint density at radius 1 is 1.47 bits per heavy atom. The molecule has 1 heterocycles. The number of anilines is 1. The summed E-state index contributed by atoms with van der Waals surface area (Å²) >= 11 is 0. The number of para-hydroxylation sites is 1. The first-order valence-corrected chi connectivity index (χ1v) is 5.29. The molecule has 1 aromatic carbocycles. The molecule has 1 aromatic rings. The van der Waals surface area contributed by atoms with E-state index in [2.05, 4.69) is 4.74 Å². The lowest BCUT2D eigenvalue weighted by Crippen LogP contribution is -2.29. The summed E-state index contributed by atoms with van der Waals surface area (Å²) in [7, 11) is 1.31. The maximum Gasteiger partial charge on any atom is 0.414 e. The van der Waals surface area contributed by atoms with Crippen molar-refractivity contribution >= 4 is 17.7 Å². The number of carbonyl (C=O) groups excluding carboxylic acids is 1. The van der Waals surface area contributed by atoms with Crippen LogP contribution in [0, 0.1) is 0 Å². The predicted molar refractivity (Wildman–Crippen MR) is 61.2 cm³/mol. The molecule has 0 aromatic heterocycles. The molecule has 0 radical (unpaired) electrons. The van der Waals surface area contributed by atoms with Crippen LogP contribution in [0.15, 0.2) is 24.3 Å². The lowest BCUT2D eigenvalue weighted by atomic mass is 9.98. The molecule has 1 aliphatic heterocycles. The summed E-state index contributed by atoms with van der Waals surface area (Å²) in [5.41, 5.74) is 1.63. The van der Waals surface area contributed by atoms with E-state index in [0.717, 1.165) is 11.3 Å². The molecule has 0 aliphatic carbocycles. The SMILES string of the molecule is COC(=O)N1CC(CC(=O)O)c2ccccc21. The van der Waals surface area contributed by atoms with Gasteiger partial charge in [0, 0.05) is 12.5 Å². The van der Waals surface area contributed by atoms with Gasteiger partial charge in [-0.1, -0.05) is 18.2 Å². The molecule has 0 spiro atoms. The lowest BCUT2D eigenvalue weighted by Gasteiger charge is -2.15. The van der Waals surface area contributed by atoms with Crippen LogP contribution in [0.1, 0.15) is 17.9 Å². The number of amides is 1. The number of fused-ring (bicyclic) bond motifs is 1. The van der Waals surface area contributed by atoms with E-state index in [1.54, 1.807) is 6.07 Å². The van der Waals surface area contributed by atoms with Crippen molar-refractivity contribution in [3.8, 4) is 0 Å².